The van der Waals surface area contributed by atoms with E-state index in [-0.39, 0.29) is 31.3 Å². The fourth-order valence-electron chi connectivity index (χ4n) is 1.51. The Morgan fingerprint density at radius 1 is 0.875 bits per heavy atom. The first-order valence-electron chi connectivity index (χ1n) is 7.31. The van der Waals surface area contributed by atoms with E-state index in [0.29, 0.717) is 19.8 Å². The van der Waals surface area contributed by atoms with Crippen LogP contribution >= 0.6 is 0 Å². The van der Waals surface area contributed by atoms with E-state index in [1.807, 2.05) is 0 Å². The summed E-state index contributed by atoms with van der Waals surface area (Å²) in [5.74, 6) is -0.441. The largest absolute Gasteiger partial charge is 0.467 e. The van der Waals surface area contributed by atoms with Gasteiger partial charge in [0.25, 0.3) is 10.1 Å². The first-order valence-corrected chi connectivity index (χ1v) is 8.71. The van der Waals surface area contributed by atoms with E-state index in [2.05, 4.69) is 4.74 Å². The molecule has 0 fully saturated rings. The van der Waals surface area contributed by atoms with Gasteiger partial charge in [-0.25, -0.2) is 4.79 Å². The smallest absolute Gasteiger partial charge is 0.331 e. The predicted octanol–water partition coefficient (Wildman–Crippen LogP) is 0.615. The Labute approximate surface area is 141 Å². The van der Waals surface area contributed by atoms with Crippen molar-refractivity contribution in [3.8, 4) is 0 Å². The predicted molar refractivity (Wildman–Crippen MR) is 84.1 cm³/mol. The van der Waals surface area contributed by atoms with Crippen LogP contribution in [0.1, 0.15) is 0 Å². The molecular weight excluding hydrogens is 340 g/mol. The molecule has 0 atom stereocenters. The minimum Gasteiger partial charge on any atom is -0.467 e. The average Bonchev–Trinajstić information content (AvgIpc) is 2.60. The van der Waals surface area contributed by atoms with Gasteiger partial charge in [0.05, 0.1) is 51.6 Å². The molecule has 0 aliphatic heterocycles. The Kier molecular flexibility index (Phi) is 10.2. The van der Waals surface area contributed by atoms with Crippen molar-refractivity contribution in [2.45, 2.75) is 4.90 Å². The molecule has 136 valence electrons. The maximum atomic E-state index is 11.8. The van der Waals surface area contributed by atoms with Crippen LogP contribution in [-0.4, -0.2) is 67.7 Å². The topological polar surface area (TPSA) is 97.4 Å². The number of esters is 1. The molecule has 0 aliphatic carbocycles. The van der Waals surface area contributed by atoms with Gasteiger partial charge in [-0.05, 0) is 12.1 Å². The molecule has 1 rings (SSSR count). The molecule has 24 heavy (non-hydrogen) atoms. The molecule has 1 aromatic carbocycles. The number of hydrogen-bond acceptors (Lipinski definition) is 8. The van der Waals surface area contributed by atoms with E-state index in [9.17, 15) is 13.2 Å². The van der Waals surface area contributed by atoms with Crippen molar-refractivity contribution in [1.29, 1.82) is 0 Å². The lowest BCUT2D eigenvalue weighted by molar-refractivity contribution is -0.146. The fraction of sp³-hybridized carbons (Fsp3) is 0.533. The summed E-state index contributed by atoms with van der Waals surface area (Å²) in [5.41, 5.74) is 0. The van der Waals surface area contributed by atoms with Crippen molar-refractivity contribution < 1.29 is 36.3 Å². The van der Waals surface area contributed by atoms with Gasteiger partial charge in [0.2, 0.25) is 0 Å². The lowest BCUT2D eigenvalue weighted by Crippen LogP contribution is -2.16. The van der Waals surface area contributed by atoms with Crippen LogP contribution in [0.15, 0.2) is 35.2 Å². The monoisotopic (exact) mass is 362 g/mol. The van der Waals surface area contributed by atoms with E-state index < -0.39 is 16.1 Å². The lowest BCUT2D eigenvalue weighted by atomic mass is 10.4. The Morgan fingerprint density at radius 3 is 2.00 bits per heavy atom. The van der Waals surface area contributed by atoms with E-state index in [4.69, 9.17) is 18.4 Å². The second-order valence-corrected chi connectivity index (χ2v) is 6.06. The van der Waals surface area contributed by atoms with Crippen molar-refractivity contribution in [2.24, 2.45) is 0 Å². The summed E-state index contributed by atoms with van der Waals surface area (Å²) in [7, 11) is -2.46. The number of benzene rings is 1. The number of carbonyl (C=O) groups excluding carboxylic acids is 1. The van der Waals surface area contributed by atoms with E-state index in [0.717, 1.165) is 0 Å². The standard InChI is InChI=1S/C15H22O8S/c1-19-15(16)13-22-10-9-20-7-8-21-11-12-23-24(17,18)14-5-3-2-4-6-14/h2-6H,7-13H2,1H3. The Hall–Kier alpha value is -1.52. The van der Waals surface area contributed by atoms with Gasteiger partial charge >= 0.3 is 5.97 Å². The summed E-state index contributed by atoms with van der Waals surface area (Å²) in [6.07, 6.45) is 0. The van der Waals surface area contributed by atoms with Crippen molar-refractivity contribution in [3.05, 3.63) is 30.3 Å². The molecule has 8 nitrogen and oxygen atoms in total. The summed E-state index contributed by atoms with van der Waals surface area (Å²) >= 11 is 0. The molecule has 0 aliphatic rings. The number of rotatable bonds is 13. The number of carbonyl (C=O) groups is 1. The lowest BCUT2D eigenvalue weighted by Gasteiger charge is -2.07. The summed E-state index contributed by atoms with van der Waals surface area (Å²) in [5, 5.41) is 0. The molecule has 0 aromatic heterocycles. The van der Waals surface area contributed by atoms with Crippen LogP contribution in [-0.2, 0) is 38.0 Å². The Bertz CT molecular complexity index is 558. The third kappa shape index (κ3) is 8.94. The van der Waals surface area contributed by atoms with Crippen molar-refractivity contribution in [3.63, 3.8) is 0 Å². The van der Waals surface area contributed by atoms with Crippen molar-refractivity contribution >= 4 is 16.1 Å². The van der Waals surface area contributed by atoms with Gasteiger partial charge in [0, 0.05) is 0 Å². The zero-order valence-corrected chi connectivity index (χ0v) is 14.3. The molecule has 0 radical (unpaired) electrons. The SMILES string of the molecule is COC(=O)COCCOCCOCCOS(=O)(=O)c1ccccc1. The molecule has 0 bridgehead atoms. The highest BCUT2D eigenvalue weighted by atomic mass is 32.2. The average molecular weight is 362 g/mol. The van der Waals surface area contributed by atoms with Crippen LogP contribution in [0.25, 0.3) is 0 Å². The first kappa shape index (κ1) is 20.5. The Balaban J connectivity index is 1.97. The van der Waals surface area contributed by atoms with E-state index in [1.54, 1.807) is 18.2 Å². The minimum absolute atomic E-state index is 0.0700. The molecule has 1 aromatic rings. The van der Waals surface area contributed by atoms with Crippen LogP contribution in [0.2, 0.25) is 0 Å². The molecule has 0 saturated carbocycles. The second-order valence-electron chi connectivity index (χ2n) is 4.44. The summed E-state index contributed by atoms with van der Waals surface area (Å²) < 4.78 is 48.2. The molecule has 0 saturated heterocycles. The summed E-state index contributed by atoms with van der Waals surface area (Å²) in [6, 6.07) is 7.90. The zero-order valence-electron chi connectivity index (χ0n) is 13.5. The van der Waals surface area contributed by atoms with Gasteiger partial charge in [-0.2, -0.15) is 8.42 Å². The maximum Gasteiger partial charge on any atom is 0.331 e. The number of methoxy groups -OCH3 is 1. The summed E-state index contributed by atoms with van der Waals surface area (Å²) in [4.78, 5) is 10.9. The molecule has 0 N–H and O–H groups in total. The molecule has 0 spiro atoms. The van der Waals surface area contributed by atoms with Gasteiger partial charge in [0.15, 0.2) is 0 Å². The molecule has 9 heteroatoms. The van der Waals surface area contributed by atoms with E-state index in [1.165, 1.54) is 19.2 Å². The molecule has 0 heterocycles. The quantitative estimate of drug-likeness (QED) is 0.286. The maximum absolute atomic E-state index is 11.8. The number of hydrogen-bond donors (Lipinski definition) is 0. The van der Waals surface area contributed by atoms with E-state index >= 15 is 0 Å². The first-order chi connectivity index (χ1) is 11.6. The third-order valence-electron chi connectivity index (χ3n) is 2.69. The highest BCUT2D eigenvalue weighted by Gasteiger charge is 2.13. The molecule has 0 amide bonds. The van der Waals surface area contributed by atoms with Crippen LogP contribution in [0.5, 0.6) is 0 Å². The highest BCUT2D eigenvalue weighted by Crippen LogP contribution is 2.10. The number of ether oxygens (including phenoxy) is 4. The van der Waals surface area contributed by atoms with Crippen LogP contribution in [0.3, 0.4) is 0 Å². The van der Waals surface area contributed by atoms with Gasteiger partial charge in [0.1, 0.15) is 6.61 Å². The van der Waals surface area contributed by atoms with Gasteiger partial charge < -0.3 is 18.9 Å². The van der Waals surface area contributed by atoms with Crippen LogP contribution in [0, 0.1) is 0 Å². The molecular formula is C15H22O8S. The highest BCUT2D eigenvalue weighted by molar-refractivity contribution is 7.86. The molecule has 0 unspecified atom stereocenters. The fourth-order valence-corrected chi connectivity index (χ4v) is 2.43. The van der Waals surface area contributed by atoms with Crippen LogP contribution < -0.4 is 0 Å². The summed E-state index contributed by atoms with van der Waals surface area (Å²) in [6.45, 7) is 1.17. The zero-order chi connectivity index (χ0) is 17.7. The van der Waals surface area contributed by atoms with Crippen molar-refractivity contribution in [2.75, 3.05) is 53.4 Å². The second kappa shape index (κ2) is 11.9. The third-order valence-corrected chi connectivity index (χ3v) is 4.02. The normalized spacial score (nSPS) is 11.4. The Morgan fingerprint density at radius 2 is 1.42 bits per heavy atom. The minimum atomic E-state index is -3.74. The van der Waals surface area contributed by atoms with Gasteiger partial charge in [-0.3, -0.25) is 4.18 Å². The van der Waals surface area contributed by atoms with Crippen LogP contribution in [0.4, 0.5) is 0 Å². The van der Waals surface area contributed by atoms with Crippen molar-refractivity contribution in [1.82, 2.24) is 0 Å². The van der Waals surface area contributed by atoms with Gasteiger partial charge in [-0.15, -0.1) is 0 Å². The van der Waals surface area contributed by atoms with Gasteiger partial charge in [-0.1, -0.05) is 18.2 Å².